The van der Waals surface area contributed by atoms with Crippen LogP contribution >= 0.6 is 18.5 Å². The van der Waals surface area contributed by atoms with Crippen LogP contribution in [0.5, 0.6) is 0 Å². The molecule has 104 valence electrons. The lowest BCUT2D eigenvalue weighted by Gasteiger charge is -2.10. The molecule has 0 spiro atoms. The molecule has 0 saturated heterocycles. The van der Waals surface area contributed by atoms with Crippen molar-refractivity contribution in [3.8, 4) is 22.3 Å². The van der Waals surface area contributed by atoms with Gasteiger partial charge in [-0.25, -0.2) is 0 Å². The van der Waals surface area contributed by atoms with Crippen LogP contribution in [0.4, 0.5) is 0 Å². The van der Waals surface area contributed by atoms with Crippen LogP contribution in [0.2, 0.25) is 0 Å². The van der Waals surface area contributed by atoms with Crippen molar-refractivity contribution >= 4 is 29.1 Å². The van der Waals surface area contributed by atoms with E-state index in [0.717, 1.165) is 0 Å². The number of aryl methyl sites for hydroxylation is 1. The minimum atomic E-state index is 1.21. The summed E-state index contributed by atoms with van der Waals surface area (Å²) in [7, 11) is 5.46. The molecule has 2 heteroatoms. The second kappa shape index (κ2) is 6.10. The van der Waals surface area contributed by atoms with Crippen LogP contribution in [0.1, 0.15) is 5.56 Å². The van der Waals surface area contributed by atoms with Crippen LogP contribution in [-0.4, -0.2) is 0 Å². The van der Waals surface area contributed by atoms with Gasteiger partial charge in [-0.3, -0.25) is 0 Å². The Morgan fingerprint density at radius 2 is 1.05 bits per heavy atom. The maximum atomic E-state index is 2.73. The molecule has 2 atom stereocenters. The molecule has 0 aromatic heterocycles. The second-order valence-electron chi connectivity index (χ2n) is 5.27. The van der Waals surface area contributed by atoms with Gasteiger partial charge in [0.2, 0.25) is 0 Å². The van der Waals surface area contributed by atoms with E-state index in [1.54, 1.807) is 0 Å². The van der Waals surface area contributed by atoms with E-state index >= 15 is 0 Å². The average Bonchev–Trinajstić information content (AvgIpc) is 2.50. The third-order valence-electron chi connectivity index (χ3n) is 3.70. The monoisotopic (exact) mass is 308 g/mol. The summed E-state index contributed by atoms with van der Waals surface area (Å²) >= 11 is 0. The van der Waals surface area contributed by atoms with Gasteiger partial charge in [-0.2, -0.15) is 0 Å². The molecule has 0 heterocycles. The molecular weight excluding hydrogens is 290 g/mol. The van der Waals surface area contributed by atoms with Gasteiger partial charge >= 0.3 is 0 Å². The molecular formula is C19H18P2. The van der Waals surface area contributed by atoms with Crippen molar-refractivity contribution < 1.29 is 0 Å². The molecule has 0 bridgehead atoms. The Balaban J connectivity index is 2.07. The predicted molar refractivity (Wildman–Crippen MR) is 101 cm³/mol. The Labute approximate surface area is 131 Å². The third kappa shape index (κ3) is 3.24. The first kappa shape index (κ1) is 14.5. The molecule has 3 rings (SSSR count). The maximum absolute atomic E-state index is 2.73. The molecule has 0 saturated carbocycles. The Morgan fingerprint density at radius 1 is 0.571 bits per heavy atom. The highest BCUT2D eigenvalue weighted by atomic mass is 31.0. The fourth-order valence-electron chi connectivity index (χ4n) is 2.45. The van der Waals surface area contributed by atoms with Crippen molar-refractivity contribution in [2.24, 2.45) is 0 Å². The number of hydrogen-bond donors (Lipinski definition) is 0. The summed E-state index contributed by atoms with van der Waals surface area (Å²) in [6.07, 6.45) is 0. The summed E-state index contributed by atoms with van der Waals surface area (Å²) in [5, 5.41) is 2.42. The van der Waals surface area contributed by atoms with Crippen LogP contribution in [0.3, 0.4) is 0 Å². The summed E-state index contributed by atoms with van der Waals surface area (Å²) in [6, 6.07) is 23.9. The molecule has 0 N–H and O–H groups in total. The van der Waals surface area contributed by atoms with E-state index in [9.17, 15) is 0 Å². The topological polar surface area (TPSA) is 0 Å². The molecule has 0 radical (unpaired) electrons. The summed E-state index contributed by atoms with van der Waals surface area (Å²) in [5.41, 5.74) is 6.38. The summed E-state index contributed by atoms with van der Waals surface area (Å²) in [5.74, 6) is 0. The van der Waals surface area contributed by atoms with Gasteiger partial charge in [0.25, 0.3) is 0 Å². The fourth-order valence-corrected chi connectivity index (χ4v) is 2.84. The van der Waals surface area contributed by atoms with Gasteiger partial charge < -0.3 is 0 Å². The lowest BCUT2D eigenvalue weighted by atomic mass is 9.95. The number of benzene rings is 3. The standard InChI is InChI=1S/C19H18P2/c1-13-2-3-16(14-4-8-17(20)9-5-14)12-19(13)15-6-10-18(21)11-7-15/h2-12H,20-21H2,1H3. The van der Waals surface area contributed by atoms with E-state index in [1.807, 2.05) is 0 Å². The van der Waals surface area contributed by atoms with Gasteiger partial charge in [-0.05, 0) is 51.4 Å². The first-order valence-corrected chi connectivity index (χ1v) is 8.11. The van der Waals surface area contributed by atoms with Gasteiger partial charge in [0.05, 0.1) is 0 Å². The highest BCUT2D eigenvalue weighted by Gasteiger charge is 2.05. The largest absolute Gasteiger partial charge is 0.106 e. The normalized spacial score (nSPS) is 10.6. The van der Waals surface area contributed by atoms with E-state index < -0.39 is 0 Å². The molecule has 0 fully saturated rings. The molecule has 0 aliphatic rings. The average molecular weight is 308 g/mol. The van der Waals surface area contributed by atoms with E-state index in [-0.39, 0.29) is 0 Å². The molecule has 2 unspecified atom stereocenters. The third-order valence-corrected chi connectivity index (χ3v) is 4.47. The lowest BCUT2D eigenvalue weighted by molar-refractivity contribution is 1.46. The quantitative estimate of drug-likeness (QED) is 0.618. The van der Waals surface area contributed by atoms with Gasteiger partial charge in [0.15, 0.2) is 0 Å². The Morgan fingerprint density at radius 3 is 1.62 bits per heavy atom. The highest BCUT2D eigenvalue weighted by molar-refractivity contribution is 7.27. The minimum absolute atomic E-state index is 1.21. The Hall–Kier alpha value is -1.48. The lowest BCUT2D eigenvalue weighted by Crippen LogP contribution is -1.91. The smallest absolute Gasteiger partial charge is 0.0149 e. The molecule has 0 aliphatic heterocycles. The van der Waals surface area contributed by atoms with Crippen LogP contribution in [0.25, 0.3) is 22.3 Å². The van der Waals surface area contributed by atoms with Crippen molar-refractivity contribution in [2.45, 2.75) is 6.92 Å². The van der Waals surface area contributed by atoms with Crippen LogP contribution in [0, 0.1) is 6.92 Å². The predicted octanol–water partition coefficient (Wildman–Crippen LogP) is 4.33. The van der Waals surface area contributed by atoms with Gasteiger partial charge in [0, 0.05) is 0 Å². The molecule has 3 aromatic rings. The zero-order chi connectivity index (χ0) is 14.8. The molecule has 21 heavy (non-hydrogen) atoms. The molecule has 0 nitrogen and oxygen atoms in total. The van der Waals surface area contributed by atoms with E-state index in [2.05, 4.69) is 92.1 Å². The fraction of sp³-hybridized carbons (Fsp3) is 0.0526. The number of hydrogen-bond acceptors (Lipinski definition) is 0. The van der Waals surface area contributed by atoms with E-state index in [0.29, 0.717) is 0 Å². The van der Waals surface area contributed by atoms with Crippen LogP contribution < -0.4 is 10.6 Å². The van der Waals surface area contributed by atoms with Gasteiger partial charge in [-0.15, -0.1) is 18.5 Å². The van der Waals surface area contributed by atoms with E-state index in [4.69, 9.17) is 0 Å². The Kier molecular flexibility index (Phi) is 4.20. The number of rotatable bonds is 2. The first-order chi connectivity index (χ1) is 10.1. The van der Waals surface area contributed by atoms with Crippen molar-refractivity contribution in [3.63, 3.8) is 0 Å². The molecule has 0 aliphatic carbocycles. The van der Waals surface area contributed by atoms with Gasteiger partial charge in [0.1, 0.15) is 0 Å². The second-order valence-corrected chi connectivity index (χ2v) is 6.61. The minimum Gasteiger partial charge on any atom is -0.106 e. The van der Waals surface area contributed by atoms with Crippen molar-refractivity contribution in [3.05, 3.63) is 72.3 Å². The summed E-state index contributed by atoms with van der Waals surface area (Å²) in [6.45, 7) is 2.17. The zero-order valence-electron chi connectivity index (χ0n) is 12.0. The van der Waals surface area contributed by atoms with Crippen molar-refractivity contribution in [2.75, 3.05) is 0 Å². The summed E-state index contributed by atoms with van der Waals surface area (Å²) in [4.78, 5) is 0. The van der Waals surface area contributed by atoms with Crippen molar-refractivity contribution in [1.82, 2.24) is 0 Å². The Bertz CT molecular complexity index is 757. The SMILES string of the molecule is Cc1ccc(-c2ccc(P)cc2)cc1-c1ccc(P)cc1. The zero-order valence-corrected chi connectivity index (χ0v) is 14.3. The van der Waals surface area contributed by atoms with Gasteiger partial charge in [-0.1, -0.05) is 60.7 Å². The molecule has 0 amide bonds. The van der Waals surface area contributed by atoms with Crippen LogP contribution in [-0.2, 0) is 0 Å². The maximum Gasteiger partial charge on any atom is -0.0149 e. The van der Waals surface area contributed by atoms with E-state index in [1.165, 1.54) is 38.4 Å². The molecule has 3 aromatic carbocycles. The van der Waals surface area contributed by atoms with Crippen molar-refractivity contribution in [1.29, 1.82) is 0 Å². The highest BCUT2D eigenvalue weighted by Crippen LogP contribution is 2.29. The van der Waals surface area contributed by atoms with Crippen LogP contribution in [0.15, 0.2) is 66.7 Å². The summed E-state index contributed by atoms with van der Waals surface area (Å²) < 4.78 is 0. The first-order valence-electron chi connectivity index (χ1n) is 6.96.